The first-order valence-corrected chi connectivity index (χ1v) is 11.3. The number of nitrogens with zero attached hydrogens (tertiary/aromatic N) is 4. The van der Waals surface area contributed by atoms with Crippen LogP contribution in [-0.4, -0.2) is 14.1 Å². The summed E-state index contributed by atoms with van der Waals surface area (Å²) < 4.78 is 6.84. The van der Waals surface area contributed by atoms with E-state index in [0.29, 0.717) is 11.8 Å². The molecular formula is C27H31N4+. The van der Waals surface area contributed by atoms with Crippen molar-refractivity contribution in [3.8, 4) is 17.1 Å². The van der Waals surface area contributed by atoms with Crippen LogP contribution in [0.4, 0.5) is 0 Å². The van der Waals surface area contributed by atoms with Crippen LogP contribution < -0.4 is 4.57 Å². The Morgan fingerprint density at radius 1 is 1.03 bits per heavy atom. The van der Waals surface area contributed by atoms with Crippen LogP contribution in [0.5, 0.6) is 0 Å². The second kappa shape index (κ2) is 7.23. The molecule has 2 aromatic carbocycles. The van der Waals surface area contributed by atoms with Gasteiger partial charge in [-0.1, -0.05) is 52.0 Å². The predicted octanol–water partition coefficient (Wildman–Crippen LogP) is 5.90. The molecule has 0 spiro atoms. The third kappa shape index (κ3) is 3.04. The van der Waals surface area contributed by atoms with Crippen molar-refractivity contribution in [2.45, 2.75) is 52.9 Å². The van der Waals surface area contributed by atoms with Crippen molar-refractivity contribution in [2.75, 3.05) is 0 Å². The summed E-state index contributed by atoms with van der Waals surface area (Å²) in [6, 6.07) is 11.3. The van der Waals surface area contributed by atoms with Crippen LogP contribution >= 0.6 is 0 Å². The number of fused-ring (bicyclic) bond motifs is 3. The Bertz CT molecular complexity index is 1310. The number of aryl methyl sites for hydroxylation is 2. The molecular weight excluding hydrogens is 380 g/mol. The van der Waals surface area contributed by atoms with Crippen LogP contribution in [0.15, 0.2) is 48.8 Å². The molecule has 1 aliphatic heterocycles. The number of rotatable bonds is 4. The molecule has 0 aliphatic carbocycles. The van der Waals surface area contributed by atoms with E-state index in [2.05, 4.69) is 110 Å². The molecule has 0 bridgehead atoms. The molecule has 0 radical (unpaired) electrons. The fourth-order valence-corrected chi connectivity index (χ4v) is 4.88. The van der Waals surface area contributed by atoms with Crippen molar-refractivity contribution in [1.29, 1.82) is 0 Å². The average molecular weight is 412 g/mol. The fourth-order valence-electron chi connectivity index (χ4n) is 4.88. The van der Waals surface area contributed by atoms with E-state index in [4.69, 9.17) is 4.98 Å². The molecule has 31 heavy (non-hydrogen) atoms. The molecule has 4 heteroatoms. The first-order chi connectivity index (χ1) is 14.9. The van der Waals surface area contributed by atoms with Crippen molar-refractivity contribution in [3.63, 3.8) is 0 Å². The third-order valence-corrected chi connectivity index (χ3v) is 6.49. The molecule has 4 aromatic rings. The Morgan fingerprint density at radius 3 is 2.42 bits per heavy atom. The van der Waals surface area contributed by atoms with Gasteiger partial charge in [0.25, 0.3) is 5.82 Å². The smallest absolute Gasteiger partial charge is 0.294 e. The van der Waals surface area contributed by atoms with Crippen LogP contribution in [0.1, 0.15) is 62.0 Å². The molecule has 0 saturated carbocycles. The zero-order chi connectivity index (χ0) is 21.9. The Hall–Kier alpha value is -3.14. The number of para-hydroxylation sites is 1. The van der Waals surface area contributed by atoms with Gasteiger partial charge >= 0.3 is 0 Å². The van der Waals surface area contributed by atoms with Crippen LogP contribution in [-0.2, 0) is 13.5 Å². The summed E-state index contributed by atoms with van der Waals surface area (Å²) in [6.07, 6.45) is 9.59. The Balaban J connectivity index is 1.78. The van der Waals surface area contributed by atoms with Gasteiger partial charge in [0.15, 0.2) is 0 Å². The van der Waals surface area contributed by atoms with E-state index in [9.17, 15) is 0 Å². The second-order valence-corrected chi connectivity index (χ2v) is 9.34. The van der Waals surface area contributed by atoms with Crippen LogP contribution in [0.2, 0.25) is 0 Å². The lowest BCUT2D eigenvalue weighted by Gasteiger charge is -2.18. The van der Waals surface area contributed by atoms with Gasteiger partial charge in [0.05, 0.1) is 23.6 Å². The summed E-state index contributed by atoms with van der Waals surface area (Å²) in [5.41, 5.74) is 8.83. The van der Waals surface area contributed by atoms with Gasteiger partial charge in [-0.2, -0.15) is 4.57 Å². The molecule has 0 atom stereocenters. The van der Waals surface area contributed by atoms with Gasteiger partial charge in [-0.05, 0) is 36.5 Å². The minimum Gasteiger partial charge on any atom is -0.303 e. The molecule has 158 valence electrons. The van der Waals surface area contributed by atoms with Gasteiger partial charge in [-0.25, -0.2) is 9.55 Å². The molecule has 5 rings (SSSR count). The van der Waals surface area contributed by atoms with Gasteiger partial charge in [0.1, 0.15) is 23.9 Å². The lowest BCUT2D eigenvalue weighted by Crippen LogP contribution is -2.29. The maximum Gasteiger partial charge on any atom is 0.294 e. The summed E-state index contributed by atoms with van der Waals surface area (Å²) in [5.74, 6) is 3.21. The highest BCUT2D eigenvalue weighted by atomic mass is 15.1. The summed E-state index contributed by atoms with van der Waals surface area (Å²) in [7, 11) is 2.14. The van der Waals surface area contributed by atoms with Crippen LogP contribution in [0.3, 0.4) is 0 Å². The molecule has 0 N–H and O–H groups in total. The number of hydrogen-bond acceptors (Lipinski definition) is 1. The highest BCUT2D eigenvalue weighted by Gasteiger charge is 2.27. The zero-order valence-corrected chi connectivity index (χ0v) is 19.3. The van der Waals surface area contributed by atoms with E-state index in [-0.39, 0.29) is 0 Å². The first-order valence-electron chi connectivity index (χ1n) is 11.3. The van der Waals surface area contributed by atoms with Gasteiger partial charge < -0.3 is 4.57 Å². The van der Waals surface area contributed by atoms with E-state index in [1.54, 1.807) is 0 Å². The molecule has 1 aliphatic rings. The van der Waals surface area contributed by atoms with Crippen molar-refractivity contribution in [3.05, 3.63) is 71.3 Å². The quantitative estimate of drug-likeness (QED) is 0.384. The highest BCUT2D eigenvalue weighted by molar-refractivity contribution is 5.85. The molecule has 4 nitrogen and oxygen atoms in total. The largest absolute Gasteiger partial charge is 0.303 e. The second-order valence-electron chi connectivity index (χ2n) is 9.34. The Kier molecular flexibility index (Phi) is 4.62. The predicted molar refractivity (Wildman–Crippen MR) is 128 cm³/mol. The Morgan fingerprint density at radius 2 is 1.74 bits per heavy atom. The number of hydrogen-bond donors (Lipinski definition) is 0. The van der Waals surface area contributed by atoms with Crippen LogP contribution in [0.25, 0.3) is 34.3 Å². The van der Waals surface area contributed by atoms with E-state index >= 15 is 0 Å². The molecule has 0 amide bonds. The third-order valence-electron chi connectivity index (χ3n) is 6.49. The van der Waals surface area contributed by atoms with Gasteiger partial charge in [-0.3, -0.25) is 0 Å². The van der Waals surface area contributed by atoms with E-state index in [1.807, 2.05) is 0 Å². The number of allylic oxidation sites excluding steroid dienone is 1. The molecule has 0 fully saturated rings. The monoisotopic (exact) mass is 411 g/mol. The SMILES string of the molecule is Cc1cc2c(cc1-c1n(-c3c(C(C)C)cccc3C(C)C)cc[n+]1C)nc1n2C=CC1. The van der Waals surface area contributed by atoms with Crippen molar-refractivity contribution in [1.82, 2.24) is 14.1 Å². The fraction of sp³-hybridized carbons (Fsp3) is 0.333. The number of aromatic nitrogens is 4. The first kappa shape index (κ1) is 19.8. The van der Waals surface area contributed by atoms with Crippen LogP contribution in [0, 0.1) is 6.92 Å². The minimum absolute atomic E-state index is 0.445. The topological polar surface area (TPSA) is 26.6 Å². The number of benzene rings is 2. The van der Waals surface area contributed by atoms with E-state index < -0.39 is 0 Å². The van der Waals surface area contributed by atoms with Gasteiger partial charge in [-0.15, -0.1) is 0 Å². The summed E-state index contributed by atoms with van der Waals surface area (Å²) in [5, 5.41) is 0. The number of imidazole rings is 2. The Labute approximate surface area is 184 Å². The van der Waals surface area contributed by atoms with E-state index in [1.165, 1.54) is 39.3 Å². The average Bonchev–Trinajstić information content (AvgIpc) is 3.41. The van der Waals surface area contributed by atoms with Gasteiger partial charge in [0, 0.05) is 23.7 Å². The maximum atomic E-state index is 4.91. The summed E-state index contributed by atoms with van der Waals surface area (Å²) in [4.78, 5) is 4.91. The summed E-state index contributed by atoms with van der Waals surface area (Å²) in [6.45, 7) is 11.3. The molecule has 0 unspecified atom stereocenters. The minimum atomic E-state index is 0.445. The molecule has 3 heterocycles. The maximum absolute atomic E-state index is 4.91. The summed E-state index contributed by atoms with van der Waals surface area (Å²) >= 11 is 0. The molecule has 2 aromatic heterocycles. The highest BCUT2D eigenvalue weighted by Crippen LogP contribution is 2.35. The van der Waals surface area contributed by atoms with Crippen molar-refractivity contribution < 1.29 is 4.57 Å². The standard InChI is InChI=1S/C27H31N4/c1-17(2)20-9-7-10-21(18(3)4)26(20)31-14-13-29(6)27(31)22-16-23-24(15-19(22)5)30-12-8-11-25(30)28-23/h7-10,12-18H,11H2,1-6H3/q+1. The van der Waals surface area contributed by atoms with Crippen molar-refractivity contribution in [2.24, 2.45) is 7.05 Å². The van der Waals surface area contributed by atoms with Crippen molar-refractivity contribution >= 4 is 17.2 Å². The van der Waals surface area contributed by atoms with Gasteiger partial charge in [0.2, 0.25) is 0 Å². The molecule has 0 saturated heterocycles. The lowest BCUT2D eigenvalue weighted by atomic mass is 9.92. The zero-order valence-electron chi connectivity index (χ0n) is 19.3. The van der Waals surface area contributed by atoms with E-state index in [0.717, 1.165) is 17.8 Å². The lowest BCUT2D eigenvalue weighted by molar-refractivity contribution is -0.659. The normalized spacial score (nSPS) is 13.2.